The highest BCUT2D eigenvalue weighted by Crippen LogP contribution is 2.35. The van der Waals surface area contributed by atoms with Gasteiger partial charge in [-0.05, 0) is 36.0 Å². The summed E-state index contributed by atoms with van der Waals surface area (Å²) in [7, 11) is 0. The molecule has 1 aromatic carbocycles. The van der Waals surface area contributed by atoms with Gasteiger partial charge in [0.05, 0.1) is 17.7 Å². The minimum atomic E-state index is -0.199. The second kappa shape index (κ2) is 6.28. The summed E-state index contributed by atoms with van der Waals surface area (Å²) in [6, 6.07) is 4.85. The van der Waals surface area contributed by atoms with E-state index in [9.17, 15) is 14.0 Å². The summed E-state index contributed by atoms with van der Waals surface area (Å²) in [5.74, 6) is 0.892. The monoisotopic (exact) mass is 322 g/mol. The number of hydrogen-bond donors (Lipinski definition) is 1. The first-order chi connectivity index (χ1) is 10.6. The lowest BCUT2D eigenvalue weighted by molar-refractivity contribution is -0.132. The van der Waals surface area contributed by atoms with Crippen molar-refractivity contribution in [1.29, 1.82) is 0 Å². The lowest BCUT2D eigenvalue weighted by Crippen LogP contribution is -2.42. The van der Waals surface area contributed by atoms with Crippen LogP contribution in [0.2, 0.25) is 0 Å². The molecular weight excluding hydrogens is 303 g/mol. The van der Waals surface area contributed by atoms with E-state index < -0.39 is 0 Å². The molecule has 1 saturated heterocycles. The van der Waals surface area contributed by atoms with Crippen molar-refractivity contribution in [3.05, 3.63) is 35.1 Å². The standard InChI is InChI=1S/C16H19FN2O2S/c1-10-5-6-11-12(3-2-4-13(11)17)16(10)18-14(20)7-19-9-22-8-15(19)21/h2-4,10,16H,5-9H2,1H3,(H,18,20). The third kappa shape index (κ3) is 2.97. The molecular formula is C16H19FN2O2S. The zero-order valence-corrected chi connectivity index (χ0v) is 13.3. The topological polar surface area (TPSA) is 49.4 Å². The molecule has 0 bridgehead atoms. The Morgan fingerprint density at radius 2 is 2.32 bits per heavy atom. The second-order valence-electron chi connectivity index (χ2n) is 5.94. The SMILES string of the molecule is CC1CCc2c(F)cccc2C1NC(=O)CN1CSCC1=O. The number of carbonyl (C=O) groups is 2. The number of hydrogen-bond acceptors (Lipinski definition) is 3. The van der Waals surface area contributed by atoms with Crippen LogP contribution in [0.15, 0.2) is 18.2 Å². The third-order valence-corrected chi connectivity index (χ3v) is 5.33. The molecule has 1 aliphatic carbocycles. The molecule has 1 N–H and O–H groups in total. The summed E-state index contributed by atoms with van der Waals surface area (Å²) >= 11 is 1.52. The molecule has 0 radical (unpaired) electrons. The van der Waals surface area contributed by atoms with E-state index in [0.29, 0.717) is 23.6 Å². The molecule has 2 aliphatic rings. The number of nitrogens with zero attached hydrogens (tertiary/aromatic N) is 1. The van der Waals surface area contributed by atoms with Crippen molar-refractivity contribution in [2.24, 2.45) is 5.92 Å². The van der Waals surface area contributed by atoms with Crippen molar-refractivity contribution in [3.8, 4) is 0 Å². The summed E-state index contributed by atoms with van der Waals surface area (Å²) in [5, 5.41) is 2.99. The highest BCUT2D eigenvalue weighted by atomic mass is 32.2. The van der Waals surface area contributed by atoms with E-state index in [2.05, 4.69) is 12.2 Å². The quantitative estimate of drug-likeness (QED) is 0.927. The van der Waals surface area contributed by atoms with E-state index in [1.165, 1.54) is 17.8 Å². The van der Waals surface area contributed by atoms with Crippen LogP contribution in [0.5, 0.6) is 0 Å². The predicted octanol–water partition coefficient (Wildman–Crippen LogP) is 2.10. The van der Waals surface area contributed by atoms with Gasteiger partial charge in [0.1, 0.15) is 12.4 Å². The minimum Gasteiger partial charge on any atom is -0.347 e. The van der Waals surface area contributed by atoms with E-state index in [-0.39, 0.29) is 36.1 Å². The van der Waals surface area contributed by atoms with Crippen LogP contribution in [0.25, 0.3) is 0 Å². The fraction of sp³-hybridized carbons (Fsp3) is 0.500. The lowest BCUT2D eigenvalue weighted by Gasteiger charge is -2.32. The van der Waals surface area contributed by atoms with Gasteiger partial charge in [0.15, 0.2) is 0 Å². The number of thioether (sulfide) groups is 1. The van der Waals surface area contributed by atoms with Crippen molar-refractivity contribution in [2.45, 2.75) is 25.8 Å². The molecule has 1 fully saturated rings. The molecule has 0 saturated carbocycles. The van der Waals surface area contributed by atoms with Crippen LogP contribution in [0.3, 0.4) is 0 Å². The first-order valence-corrected chi connectivity index (χ1v) is 8.64. The fourth-order valence-electron chi connectivity index (χ4n) is 3.13. The van der Waals surface area contributed by atoms with Gasteiger partial charge in [0.25, 0.3) is 0 Å². The number of amides is 2. The molecule has 6 heteroatoms. The van der Waals surface area contributed by atoms with Crippen LogP contribution in [0.4, 0.5) is 4.39 Å². The predicted molar refractivity (Wildman–Crippen MR) is 83.8 cm³/mol. The van der Waals surface area contributed by atoms with Gasteiger partial charge in [-0.25, -0.2) is 4.39 Å². The van der Waals surface area contributed by atoms with Crippen molar-refractivity contribution in [3.63, 3.8) is 0 Å². The zero-order valence-electron chi connectivity index (χ0n) is 12.5. The molecule has 1 aromatic rings. The molecule has 118 valence electrons. The third-order valence-electron chi connectivity index (χ3n) is 4.39. The van der Waals surface area contributed by atoms with Gasteiger partial charge in [-0.15, -0.1) is 11.8 Å². The van der Waals surface area contributed by atoms with Crippen LogP contribution < -0.4 is 5.32 Å². The molecule has 22 heavy (non-hydrogen) atoms. The number of carbonyl (C=O) groups excluding carboxylic acids is 2. The Hall–Kier alpha value is -1.56. The number of benzene rings is 1. The Bertz CT molecular complexity index is 608. The summed E-state index contributed by atoms with van der Waals surface area (Å²) in [4.78, 5) is 25.4. The first kappa shape index (κ1) is 15.3. The molecule has 4 nitrogen and oxygen atoms in total. The normalized spacial score (nSPS) is 24.3. The maximum absolute atomic E-state index is 13.9. The summed E-state index contributed by atoms with van der Waals surface area (Å²) in [6.07, 6.45) is 1.55. The Kier molecular flexibility index (Phi) is 4.38. The van der Waals surface area contributed by atoms with Crippen molar-refractivity contribution >= 4 is 23.6 Å². The van der Waals surface area contributed by atoms with Gasteiger partial charge in [0, 0.05) is 0 Å². The van der Waals surface area contributed by atoms with E-state index in [0.717, 1.165) is 12.0 Å². The van der Waals surface area contributed by atoms with Gasteiger partial charge in [0.2, 0.25) is 11.8 Å². The van der Waals surface area contributed by atoms with Crippen LogP contribution in [0.1, 0.15) is 30.5 Å². The number of halogens is 1. The van der Waals surface area contributed by atoms with Crippen molar-refractivity contribution in [2.75, 3.05) is 18.2 Å². The highest BCUT2D eigenvalue weighted by Gasteiger charge is 2.30. The lowest BCUT2D eigenvalue weighted by atomic mass is 9.80. The van der Waals surface area contributed by atoms with Crippen LogP contribution in [0, 0.1) is 11.7 Å². The smallest absolute Gasteiger partial charge is 0.240 e. The molecule has 2 unspecified atom stereocenters. The molecule has 0 spiro atoms. The summed E-state index contributed by atoms with van der Waals surface area (Å²) in [5.41, 5.74) is 1.58. The van der Waals surface area contributed by atoms with E-state index in [1.807, 2.05) is 6.07 Å². The van der Waals surface area contributed by atoms with Gasteiger partial charge in [-0.3, -0.25) is 9.59 Å². The Labute approximate surface area is 133 Å². The molecule has 2 atom stereocenters. The Morgan fingerprint density at radius 3 is 3.05 bits per heavy atom. The average molecular weight is 322 g/mol. The van der Waals surface area contributed by atoms with E-state index in [1.54, 1.807) is 11.0 Å². The van der Waals surface area contributed by atoms with Crippen LogP contribution in [-0.4, -0.2) is 34.9 Å². The largest absolute Gasteiger partial charge is 0.347 e. The molecule has 1 aliphatic heterocycles. The van der Waals surface area contributed by atoms with Crippen LogP contribution in [-0.2, 0) is 16.0 Å². The molecule has 3 rings (SSSR count). The van der Waals surface area contributed by atoms with Gasteiger partial charge in [-0.1, -0.05) is 19.1 Å². The molecule has 1 heterocycles. The maximum atomic E-state index is 13.9. The number of nitrogens with one attached hydrogen (secondary N) is 1. The fourth-order valence-corrected chi connectivity index (χ4v) is 4.03. The summed E-state index contributed by atoms with van der Waals surface area (Å²) < 4.78 is 13.9. The first-order valence-electron chi connectivity index (χ1n) is 7.48. The highest BCUT2D eigenvalue weighted by molar-refractivity contribution is 8.00. The van der Waals surface area contributed by atoms with Gasteiger partial charge >= 0.3 is 0 Å². The minimum absolute atomic E-state index is 0.00304. The summed E-state index contributed by atoms with van der Waals surface area (Å²) in [6.45, 7) is 2.15. The molecule has 2 amide bonds. The van der Waals surface area contributed by atoms with Crippen molar-refractivity contribution < 1.29 is 14.0 Å². The number of fused-ring (bicyclic) bond motifs is 1. The van der Waals surface area contributed by atoms with Crippen molar-refractivity contribution in [1.82, 2.24) is 10.2 Å². The second-order valence-corrected chi connectivity index (χ2v) is 6.89. The van der Waals surface area contributed by atoms with Gasteiger partial charge < -0.3 is 10.2 Å². The molecule has 0 aromatic heterocycles. The van der Waals surface area contributed by atoms with E-state index >= 15 is 0 Å². The number of rotatable bonds is 3. The van der Waals surface area contributed by atoms with Gasteiger partial charge in [-0.2, -0.15) is 0 Å². The maximum Gasteiger partial charge on any atom is 0.240 e. The van der Waals surface area contributed by atoms with Crippen LogP contribution >= 0.6 is 11.8 Å². The Balaban J connectivity index is 1.73. The van der Waals surface area contributed by atoms with E-state index in [4.69, 9.17) is 0 Å². The Morgan fingerprint density at radius 1 is 1.50 bits per heavy atom. The zero-order chi connectivity index (χ0) is 15.7. The average Bonchev–Trinajstić information content (AvgIpc) is 2.88.